The fraction of sp³-hybridized carbons (Fsp3) is 0.263. The molecule has 0 bridgehead atoms. The predicted molar refractivity (Wildman–Crippen MR) is 117 cm³/mol. The molecule has 0 aliphatic rings. The van der Waals surface area contributed by atoms with Gasteiger partial charge in [0.05, 0.1) is 23.3 Å². The zero-order chi connectivity index (χ0) is 22.8. The number of anilines is 2. The number of aryl methyl sites for hydroxylation is 3. The predicted octanol–water partition coefficient (Wildman–Crippen LogP) is 3.27. The van der Waals surface area contributed by atoms with Crippen LogP contribution in [0.3, 0.4) is 0 Å². The lowest BCUT2D eigenvalue weighted by atomic mass is 10.1. The van der Waals surface area contributed by atoms with Gasteiger partial charge in [0, 0.05) is 17.6 Å². The Labute approximate surface area is 184 Å². The summed E-state index contributed by atoms with van der Waals surface area (Å²) in [6, 6.07) is 8.59. The summed E-state index contributed by atoms with van der Waals surface area (Å²) in [5.74, 6) is 0.274. The number of hydrogen-bond donors (Lipinski definition) is 2. The van der Waals surface area contributed by atoms with Gasteiger partial charge in [-0.05, 0) is 32.0 Å². The maximum atomic E-state index is 12.4. The fourth-order valence-corrected chi connectivity index (χ4v) is 3.55. The molecule has 0 atom stereocenters. The lowest BCUT2D eigenvalue weighted by Crippen LogP contribution is -2.16. The van der Waals surface area contributed by atoms with Gasteiger partial charge < -0.3 is 4.74 Å². The molecular weight excluding hydrogens is 444 g/mol. The van der Waals surface area contributed by atoms with Crippen LogP contribution in [0.25, 0.3) is 11.4 Å². The molecule has 0 spiro atoms. The topological polar surface area (TPSA) is 128 Å². The van der Waals surface area contributed by atoms with Gasteiger partial charge in [-0.3, -0.25) is 10.0 Å². The lowest BCUT2D eigenvalue weighted by molar-refractivity contribution is 0.155. The molecule has 0 aliphatic carbocycles. The normalized spacial score (nSPS) is 11.3. The van der Waals surface area contributed by atoms with E-state index in [1.807, 2.05) is 19.1 Å². The van der Waals surface area contributed by atoms with Crippen molar-refractivity contribution >= 4 is 39.2 Å². The minimum Gasteiger partial charge on any atom is -0.444 e. The van der Waals surface area contributed by atoms with Gasteiger partial charge in [0.2, 0.25) is 10.0 Å². The fourth-order valence-electron chi connectivity index (χ4n) is 2.76. The first kappa shape index (κ1) is 22.5. The quantitative estimate of drug-likeness (QED) is 0.572. The van der Waals surface area contributed by atoms with Crippen LogP contribution in [0.4, 0.5) is 16.3 Å². The molecule has 0 saturated carbocycles. The van der Waals surface area contributed by atoms with Crippen molar-refractivity contribution in [3.8, 4) is 11.4 Å². The van der Waals surface area contributed by atoms with E-state index in [-0.39, 0.29) is 12.4 Å². The standard InChI is InChI=1S/C19H21ClN6O4S/c1-11-5-6-14(20)13(9-11)10-30-19(27)22-18-17(23-25-26(18)3)16-8-7-15(12(2)21-16)24-31(4,28)29/h5-9,24H,10H2,1-4H3,(H,22,27). The van der Waals surface area contributed by atoms with E-state index in [0.29, 0.717) is 33.4 Å². The Kier molecular flexibility index (Phi) is 6.46. The van der Waals surface area contributed by atoms with E-state index >= 15 is 0 Å². The molecule has 0 aliphatic heterocycles. The number of nitrogens with one attached hydrogen (secondary N) is 2. The molecule has 3 aromatic rings. The molecule has 2 heterocycles. The lowest BCUT2D eigenvalue weighted by Gasteiger charge is -2.11. The van der Waals surface area contributed by atoms with Crippen molar-refractivity contribution in [1.82, 2.24) is 20.0 Å². The first-order chi connectivity index (χ1) is 14.5. The molecule has 0 fully saturated rings. The highest BCUT2D eigenvalue weighted by Crippen LogP contribution is 2.26. The van der Waals surface area contributed by atoms with Crippen molar-refractivity contribution in [2.75, 3.05) is 16.3 Å². The van der Waals surface area contributed by atoms with Crippen LogP contribution in [0.15, 0.2) is 30.3 Å². The SMILES string of the molecule is Cc1ccc(Cl)c(COC(=O)Nc2c(-c3ccc(NS(C)(=O)=O)c(C)n3)nnn2C)c1. The number of ether oxygens (including phenoxy) is 1. The number of carbonyl (C=O) groups excluding carboxylic acids is 1. The highest BCUT2D eigenvalue weighted by atomic mass is 35.5. The van der Waals surface area contributed by atoms with Gasteiger partial charge in [-0.1, -0.05) is 34.5 Å². The number of amides is 1. The van der Waals surface area contributed by atoms with Gasteiger partial charge in [-0.2, -0.15) is 0 Å². The number of nitrogens with zero attached hydrogens (tertiary/aromatic N) is 4. The van der Waals surface area contributed by atoms with Crippen LogP contribution in [-0.4, -0.2) is 40.7 Å². The van der Waals surface area contributed by atoms with Crippen LogP contribution >= 0.6 is 11.6 Å². The Morgan fingerprint density at radius 1 is 1.23 bits per heavy atom. The third-order valence-corrected chi connectivity index (χ3v) is 5.19. The number of benzene rings is 1. The van der Waals surface area contributed by atoms with Gasteiger partial charge in [-0.15, -0.1) is 5.10 Å². The average molecular weight is 465 g/mol. The van der Waals surface area contributed by atoms with Gasteiger partial charge >= 0.3 is 6.09 Å². The van der Waals surface area contributed by atoms with Crippen LogP contribution in [0, 0.1) is 13.8 Å². The second-order valence-electron chi connectivity index (χ2n) is 6.91. The summed E-state index contributed by atoms with van der Waals surface area (Å²) >= 11 is 6.13. The van der Waals surface area contributed by atoms with Crippen molar-refractivity contribution in [2.24, 2.45) is 7.05 Å². The van der Waals surface area contributed by atoms with Crippen molar-refractivity contribution in [1.29, 1.82) is 0 Å². The number of halogens is 1. The van der Waals surface area contributed by atoms with E-state index in [1.54, 1.807) is 32.2 Å². The first-order valence-electron chi connectivity index (χ1n) is 9.08. The van der Waals surface area contributed by atoms with Gasteiger partial charge in [0.25, 0.3) is 0 Å². The third kappa shape index (κ3) is 5.70. The number of hydrogen-bond acceptors (Lipinski definition) is 7. The number of carbonyl (C=O) groups is 1. The Morgan fingerprint density at radius 3 is 2.65 bits per heavy atom. The molecule has 0 unspecified atom stereocenters. The Bertz CT molecular complexity index is 1240. The summed E-state index contributed by atoms with van der Waals surface area (Å²) in [4.78, 5) is 16.7. The molecule has 164 valence electrons. The molecule has 2 aromatic heterocycles. The average Bonchev–Trinajstić information content (AvgIpc) is 3.03. The first-order valence-corrected chi connectivity index (χ1v) is 11.3. The molecule has 0 radical (unpaired) electrons. The highest BCUT2D eigenvalue weighted by molar-refractivity contribution is 7.92. The maximum Gasteiger partial charge on any atom is 0.413 e. The molecule has 10 nitrogen and oxygen atoms in total. The molecular formula is C19H21ClN6O4S. The minimum atomic E-state index is -3.44. The van der Waals surface area contributed by atoms with Crippen molar-refractivity contribution in [2.45, 2.75) is 20.5 Å². The molecule has 0 saturated heterocycles. The second-order valence-corrected chi connectivity index (χ2v) is 9.07. The smallest absolute Gasteiger partial charge is 0.413 e. The molecule has 1 aromatic carbocycles. The zero-order valence-electron chi connectivity index (χ0n) is 17.3. The summed E-state index contributed by atoms with van der Waals surface area (Å²) in [6.45, 7) is 3.57. The van der Waals surface area contributed by atoms with Crippen molar-refractivity contribution < 1.29 is 17.9 Å². The number of sulfonamides is 1. The van der Waals surface area contributed by atoms with Gasteiger partial charge in [0.15, 0.2) is 11.5 Å². The van der Waals surface area contributed by atoms with E-state index in [0.717, 1.165) is 11.8 Å². The Hall–Kier alpha value is -3.18. The van der Waals surface area contributed by atoms with Crippen LogP contribution in [0.1, 0.15) is 16.8 Å². The van der Waals surface area contributed by atoms with Crippen LogP contribution in [-0.2, 0) is 28.4 Å². The molecule has 31 heavy (non-hydrogen) atoms. The third-order valence-electron chi connectivity index (χ3n) is 4.23. The van der Waals surface area contributed by atoms with Crippen LogP contribution < -0.4 is 10.0 Å². The molecule has 12 heteroatoms. The second kappa shape index (κ2) is 8.90. The van der Waals surface area contributed by atoms with Crippen LogP contribution in [0.2, 0.25) is 5.02 Å². The Morgan fingerprint density at radius 2 is 1.97 bits per heavy atom. The number of aromatic nitrogens is 4. The van der Waals surface area contributed by atoms with Crippen molar-refractivity contribution in [3.05, 3.63) is 52.2 Å². The van der Waals surface area contributed by atoms with Crippen molar-refractivity contribution in [3.63, 3.8) is 0 Å². The summed E-state index contributed by atoms with van der Waals surface area (Å²) in [5, 5.41) is 11.1. The van der Waals surface area contributed by atoms with Gasteiger partial charge in [-0.25, -0.2) is 22.9 Å². The van der Waals surface area contributed by atoms with Gasteiger partial charge in [0.1, 0.15) is 6.61 Å². The summed E-state index contributed by atoms with van der Waals surface area (Å²) < 4.78 is 32.0. The monoisotopic (exact) mass is 464 g/mol. The largest absolute Gasteiger partial charge is 0.444 e. The summed E-state index contributed by atoms with van der Waals surface area (Å²) in [6.07, 6.45) is 0.344. The van der Waals surface area contributed by atoms with E-state index < -0.39 is 16.1 Å². The summed E-state index contributed by atoms with van der Waals surface area (Å²) in [7, 11) is -1.83. The minimum absolute atomic E-state index is 0.00379. The molecule has 2 N–H and O–H groups in total. The molecule has 3 rings (SSSR count). The Balaban J connectivity index is 1.77. The van der Waals surface area contributed by atoms with E-state index in [1.165, 1.54) is 4.68 Å². The number of pyridine rings is 1. The van der Waals surface area contributed by atoms with Crippen LogP contribution in [0.5, 0.6) is 0 Å². The number of rotatable bonds is 6. The zero-order valence-corrected chi connectivity index (χ0v) is 18.9. The van der Waals surface area contributed by atoms with E-state index in [4.69, 9.17) is 16.3 Å². The highest BCUT2D eigenvalue weighted by Gasteiger charge is 2.19. The maximum absolute atomic E-state index is 12.4. The van der Waals surface area contributed by atoms with E-state index in [2.05, 4.69) is 25.3 Å². The summed E-state index contributed by atoms with van der Waals surface area (Å²) in [5.41, 5.74) is 3.18. The molecule has 1 amide bonds. The van der Waals surface area contributed by atoms with E-state index in [9.17, 15) is 13.2 Å².